The minimum absolute atomic E-state index is 0.211. The van der Waals surface area contributed by atoms with Crippen LogP contribution in [0, 0.1) is 0 Å². The van der Waals surface area contributed by atoms with Crippen LogP contribution in [0.3, 0.4) is 0 Å². The molecule has 22 heavy (non-hydrogen) atoms. The molecule has 2 unspecified atom stereocenters. The molecule has 0 spiro atoms. The average molecular weight is 341 g/mol. The number of hydrogen-bond acceptors (Lipinski definition) is 5. The molecule has 2 heterocycles. The summed E-state index contributed by atoms with van der Waals surface area (Å²) in [7, 11) is 1.62. The van der Waals surface area contributed by atoms with Gasteiger partial charge in [-0.3, -0.25) is 0 Å². The first-order valence-corrected chi connectivity index (χ1v) is 7.43. The molecule has 116 valence electrons. The highest BCUT2D eigenvalue weighted by molar-refractivity contribution is 6.35. The molecule has 2 aromatic rings. The number of benzene rings is 1. The van der Waals surface area contributed by atoms with Gasteiger partial charge < -0.3 is 14.2 Å². The lowest BCUT2D eigenvalue weighted by Crippen LogP contribution is -2.31. The highest BCUT2D eigenvalue weighted by Gasteiger charge is 2.46. The first kappa shape index (κ1) is 15.6. The molecular weight excluding hydrogens is 327 g/mol. The molecule has 3 rings (SSSR count). The number of aromatic nitrogens is 2. The summed E-state index contributed by atoms with van der Waals surface area (Å²) in [6.45, 7) is 0.794. The largest absolute Gasteiger partial charge is 0.382 e. The van der Waals surface area contributed by atoms with E-state index in [1.807, 2.05) is 0 Å². The van der Waals surface area contributed by atoms with E-state index < -0.39 is 5.79 Å². The van der Waals surface area contributed by atoms with Crippen molar-refractivity contribution in [3.8, 4) is 0 Å². The van der Waals surface area contributed by atoms with Crippen LogP contribution < -0.4 is 0 Å². The topological polar surface area (TPSA) is 53.5 Å². The standard InChI is InChI=1S/C15H14Cl2N2O3/c1-20-7-12-8-21-15(22-12,10-5-18-9-19-6-10)13-3-2-11(16)4-14(13)17/h2-6,9,12H,7-8H2,1H3. The molecule has 1 fully saturated rings. The molecule has 1 saturated heterocycles. The SMILES string of the molecule is COCC1COC(c2cncnc2)(c2ccc(Cl)cc2Cl)O1. The van der Waals surface area contributed by atoms with E-state index in [9.17, 15) is 0 Å². The van der Waals surface area contributed by atoms with Gasteiger partial charge in [0.05, 0.1) is 23.8 Å². The van der Waals surface area contributed by atoms with Crippen molar-refractivity contribution in [1.82, 2.24) is 9.97 Å². The minimum atomic E-state index is -1.16. The second-order valence-corrected chi connectivity index (χ2v) is 5.72. The van der Waals surface area contributed by atoms with Crippen molar-refractivity contribution < 1.29 is 14.2 Å². The summed E-state index contributed by atoms with van der Waals surface area (Å²) in [5.74, 6) is -1.16. The summed E-state index contributed by atoms with van der Waals surface area (Å²) in [6, 6.07) is 5.18. The smallest absolute Gasteiger partial charge is 0.227 e. The summed E-state index contributed by atoms with van der Waals surface area (Å²) in [5, 5.41) is 0.995. The average Bonchev–Trinajstić information content (AvgIpc) is 2.93. The minimum Gasteiger partial charge on any atom is -0.382 e. The Balaban J connectivity index is 2.08. The molecule has 0 amide bonds. The highest BCUT2D eigenvalue weighted by atomic mass is 35.5. The van der Waals surface area contributed by atoms with Gasteiger partial charge in [-0.1, -0.05) is 29.3 Å². The molecule has 0 bridgehead atoms. The van der Waals surface area contributed by atoms with Gasteiger partial charge in [0.25, 0.3) is 0 Å². The van der Waals surface area contributed by atoms with E-state index in [-0.39, 0.29) is 6.10 Å². The van der Waals surface area contributed by atoms with Crippen LogP contribution in [0.2, 0.25) is 10.0 Å². The Morgan fingerprint density at radius 2 is 2.09 bits per heavy atom. The van der Waals surface area contributed by atoms with Crippen molar-refractivity contribution in [3.63, 3.8) is 0 Å². The maximum absolute atomic E-state index is 6.36. The van der Waals surface area contributed by atoms with E-state index >= 15 is 0 Å². The highest BCUT2D eigenvalue weighted by Crippen LogP contribution is 2.43. The monoisotopic (exact) mass is 340 g/mol. The zero-order valence-corrected chi connectivity index (χ0v) is 13.3. The third-order valence-electron chi connectivity index (χ3n) is 3.38. The Bertz CT molecular complexity index is 656. The zero-order chi connectivity index (χ0) is 15.6. The van der Waals surface area contributed by atoms with Gasteiger partial charge in [0.1, 0.15) is 12.4 Å². The van der Waals surface area contributed by atoms with E-state index in [1.165, 1.54) is 6.33 Å². The van der Waals surface area contributed by atoms with Crippen LogP contribution in [0.1, 0.15) is 11.1 Å². The molecule has 1 aliphatic heterocycles. The van der Waals surface area contributed by atoms with Crippen LogP contribution in [0.15, 0.2) is 36.9 Å². The summed E-state index contributed by atoms with van der Waals surface area (Å²) in [4.78, 5) is 8.09. The van der Waals surface area contributed by atoms with Gasteiger partial charge in [0, 0.05) is 30.1 Å². The maximum atomic E-state index is 6.36. The van der Waals surface area contributed by atoms with Gasteiger partial charge in [0.2, 0.25) is 5.79 Å². The summed E-state index contributed by atoms with van der Waals surface area (Å²) in [6.07, 6.45) is 4.53. The van der Waals surface area contributed by atoms with Crippen molar-refractivity contribution >= 4 is 23.2 Å². The lowest BCUT2D eigenvalue weighted by atomic mass is 9.99. The van der Waals surface area contributed by atoms with Gasteiger partial charge in [0.15, 0.2) is 0 Å². The summed E-state index contributed by atoms with van der Waals surface area (Å²) in [5.41, 5.74) is 1.32. The van der Waals surface area contributed by atoms with Crippen molar-refractivity contribution in [2.24, 2.45) is 0 Å². The van der Waals surface area contributed by atoms with Gasteiger partial charge in [-0.15, -0.1) is 0 Å². The van der Waals surface area contributed by atoms with Crippen molar-refractivity contribution in [2.75, 3.05) is 20.3 Å². The first-order chi connectivity index (χ1) is 10.7. The number of ether oxygens (including phenoxy) is 3. The van der Waals surface area contributed by atoms with Crippen molar-refractivity contribution in [3.05, 3.63) is 58.1 Å². The van der Waals surface area contributed by atoms with E-state index in [4.69, 9.17) is 37.4 Å². The third kappa shape index (κ3) is 2.83. The Morgan fingerprint density at radius 1 is 1.32 bits per heavy atom. The second kappa shape index (κ2) is 6.48. The molecule has 0 saturated carbocycles. The van der Waals surface area contributed by atoms with Crippen LogP contribution in [0.4, 0.5) is 0 Å². The maximum Gasteiger partial charge on any atom is 0.227 e. The quantitative estimate of drug-likeness (QED) is 0.856. The number of halogens is 2. The lowest BCUT2D eigenvalue weighted by Gasteiger charge is -2.29. The molecule has 0 N–H and O–H groups in total. The number of nitrogens with zero attached hydrogens (tertiary/aromatic N) is 2. The molecule has 1 aromatic carbocycles. The Hall–Kier alpha value is -1.24. The van der Waals surface area contributed by atoms with Crippen LogP contribution in [-0.2, 0) is 20.0 Å². The van der Waals surface area contributed by atoms with Crippen LogP contribution in [-0.4, -0.2) is 36.4 Å². The molecule has 0 aliphatic carbocycles. The van der Waals surface area contributed by atoms with Crippen LogP contribution in [0.25, 0.3) is 0 Å². The summed E-state index contributed by atoms with van der Waals surface area (Å²) < 4.78 is 17.3. The van der Waals surface area contributed by atoms with E-state index in [1.54, 1.807) is 37.7 Å². The normalized spacial score (nSPS) is 24.6. The fourth-order valence-electron chi connectivity index (χ4n) is 2.45. The van der Waals surface area contributed by atoms with Gasteiger partial charge in [-0.2, -0.15) is 0 Å². The fraction of sp³-hybridized carbons (Fsp3) is 0.333. The molecule has 1 aromatic heterocycles. The Labute approximate surface area is 138 Å². The third-order valence-corrected chi connectivity index (χ3v) is 3.93. The molecule has 0 radical (unpaired) electrons. The first-order valence-electron chi connectivity index (χ1n) is 6.67. The van der Waals surface area contributed by atoms with Crippen molar-refractivity contribution in [2.45, 2.75) is 11.9 Å². The molecule has 1 aliphatic rings. The molecule has 7 heteroatoms. The zero-order valence-electron chi connectivity index (χ0n) is 11.8. The number of hydrogen-bond donors (Lipinski definition) is 0. The van der Waals surface area contributed by atoms with E-state index in [2.05, 4.69) is 9.97 Å². The fourth-order valence-corrected chi connectivity index (χ4v) is 2.99. The van der Waals surface area contributed by atoms with Crippen LogP contribution >= 0.6 is 23.2 Å². The predicted octanol–water partition coefficient (Wildman–Crippen LogP) is 3.05. The van der Waals surface area contributed by atoms with Gasteiger partial charge >= 0.3 is 0 Å². The Kier molecular flexibility index (Phi) is 4.61. The van der Waals surface area contributed by atoms with Gasteiger partial charge in [-0.05, 0) is 12.1 Å². The second-order valence-electron chi connectivity index (χ2n) is 4.87. The Morgan fingerprint density at radius 3 is 2.77 bits per heavy atom. The number of methoxy groups -OCH3 is 1. The van der Waals surface area contributed by atoms with E-state index in [0.717, 1.165) is 0 Å². The molecule has 2 atom stereocenters. The van der Waals surface area contributed by atoms with Gasteiger partial charge in [-0.25, -0.2) is 9.97 Å². The molecule has 5 nitrogen and oxygen atoms in total. The summed E-state index contributed by atoms with van der Waals surface area (Å²) >= 11 is 12.3. The van der Waals surface area contributed by atoms with Crippen molar-refractivity contribution in [1.29, 1.82) is 0 Å². The van der Waals surface area contributed by atoms with Crippen LogP contribution in [0.5, 0.6) is 0 Å². The predicted molar refractivity (Wildman–Crippen MR) is 82.0 cm³/mol. The van der Waals surface area contributed by atoms with E-state index in [0.29, 0.717) is 34.4 Å². The molecular formula is C15H14Cl2N2O3. The number of rotatable bonds is 4. The lowest BCUT2D eigenvalue weighted by molar-refractivity contribution is -0.148.